The molecule has 17 heavy (non-hydrogen) atoms. The summed E-state index contributed by atoms with van der Waals surface area (Å²) in [5.74, 6) is -0.00329. The van der Waals surface area contributed by atoms with Gasteiger partial charge >= 0.3 is 0 Å². The molecule has 3 heteroatoms. The quantitative estimate of drug-likeness (QED) is 0.845. The predicted octanol–water partition coefficient (Wildman–Crippen LogP) is 1.77. The number of piperidine rings is 1. The summed E-state index contributed by atoms with van der Waals surface area (Å²) < 4.78 is 0. The van der Waals surface area contributed by atoms with E-state index in [1.807, 2.05) is 37.3 Å². The fraction of sp³-hybridized carbons (Fsp3) is 0.500. The minimum atomic E-state index is -0.351. The van der Waals surface area contributed by atoms with E-state index in [1.54, 1.807) is 4.90 Å². The van der Waals surface area contributed by atoms with E-state index in [0.29, 0.717) is 6.54 Å². The Morgan fingerprint density at radius 1 is 1.41 bits per heavy atom. The Morgan fingerprint density at radius 2 is 2.12 bits per heavy atom. The number of benzene rings is 1. The fourth-order valence-electron chi connectivity index (χ4n) is 2.31. The van der Waals surface area contributed by atoms with Crippen molar-refractivity contribution in [3.8, 4) is 0 Å². The van der Waals surface area contributed by atoms with Gasteiger partial charge in [0.15, 0.2) is 0 Å². The van der Waals surface area contributed by atoms with Crippen molar-refractivity contribution in [2.75, 3.05) is 13.1 Å². The fourth-order valence-corrected chi connectivity index (χ4v) is 2.31. The molecule has 0 unspecified atom stereocenters. The topological polar surface area (TPSA) is 40.5 Å². The lowest BCUT2D eigenvalue weighted by Gasteiger charge is -2.32. The number of nitrogens with zero attached hydrogens (tertiary/aromatic N) is 1. The highest BCUT2D eigenvalue weighted by Crippen LogP contribution is 2.20. The Morgan fingerprint density at radius 3 is 2.76 bits per heavy atom. The summed E-state index contributed by atoms with van der Waals surface area (Å²) in [6.07, 6.45) is 1.36. The lowest BCUT2D eigenvalue weighted by atomic mass is 9.98. The summed E-state index contributed by atoms with van der Waals surface area (Å²) >= 11 is 0. The summed E-state index contributed by atoms with van der Waals surface area (Å²) in [6, 6.07) is 9.80. The molecule has 1 aliphatic heterocycles. The molecule has 1 N–H and O–H groups in total. The second kappa shape index (κ2) is 5.32. The van der Waals surface area contributed by atoms with Crippen LogP contribution in [0.1, 0.15) is 31.2 Å². The zero-order valence-electron chi connectivity index (χ0n) is 10.2. The van der Waals surface area contributed by atoms with Crippen LogP contribution in [-0.2, 0) is 4.79 Å². The summed E-state index contributed by atoms with van der Waals surface area (Å²) in [5.41, 5.74) is 1.04. The third-order valence-electron chi connectivity index (χ3n) is 3.38. The SMILES string of the molecule is C[C@H](C(=O)N1CCC[C@H](O)C1)c1ccccc1. The molecule has 1 saturated heterocycles. The number of β-amino-alcohol motifs (C(OH)–C–C–N with tert-alkyl or cyclic N) is 1. The average molecular weight is 233 g/mol. The zero-order chi connectivity index (χ0) is 12.3. The summed E-state index contributed by atoms with van der Waals surface area (Å²) in [4.78, 5) is 14.0. The molecular weight excluding hydrogens is 214 g/mol. The van der Waals surface area contributed by atoms with Crippen LogP contribution in [0, 0.1) is 0 Å². The highest BCUT2D eigenvalue weighted by molar-refractivity contribution is 5.83. The summed E-state index contributed by atoms with van der Waals surface area (Å²) in [7, 11) is 0. The molecule has 2 rings (SSSR count). The smallest absolute Gasteiger partial charge is 0.229 e. The number of aliphatic hydroxyl groups is 1. The van der Waals surface area contributed by atoms with Gasteiger partial charge < -0.3 is 10.0 Å². The van der Waals surface area contributed by atoms with E-state index in [9.17, 15) is 9.90 Å². The molecule has 2 atom stereocenters. The molecule has 1 aliphatic rings. The first-order valence-electron chi connectivity index (χ1n) is 6.20. The van der Waals surface area contributed by atoms with Gasteiger partial charge in [0.25, 0.3) is 0 Å². The lowest BCUT2D eigenvalue weighted by Crippen LogP contribution is -2.43. The molecule has 0 aromatic heterocycles. The van der Waals surface area contributed by atoms with Gasteiger partial charge in [0.05, 0.1) is 12.0 Å². The number of carbonyl (C=O) groups is 1. The van der Waals surface area contributed by atoms with E-state index < -0.39 is 0 Å². The minimum Gasteiger partial charge on any atom is -0.391 e. The molecule has 3 nitrogen and oxygen atoms in total. The van der Waals surface area contributed by atoms with Gasteiger partial charge in [0.1, 0.15) is 0 Å². The van der Waals surface area contributed by atoms with Gasteiger partial charge in [0.2, 0.25) is 5.91 Å². The number of aliphatic hydroxyl groups excluding tert-OH is 1. The molecule has 1 amide bonds. The van der Waals surface area contributed by atoms with Gasteiger partial charge in [-0.25, -0.2) is 0 Å². The van der Waals surface area contributed by atoms with Gasteiger partial charge in [-0.3, -0.25) is 4.79 Å². The monoisotopic (exact) mass is 233 g/mol. The van der Waals surface area contributed by atoms with Crippen molar-refractivity contribution in [2.45, 2.75) is 31.8 Å². The number of rotatable bonds is 2. The van der Waals surface area contributed by atoms with Gasteiger partial charge in [-0.15, -0.1) is 0 Å². The molecule has 1 aromatic carbocycles. The zero-order valence-corrected chi connectivity index (χ0v) is 10.2. The number of hydrogen-bond acceptors (Lipinski definition) is 2. The van der Waals surface area contributed by atoms with Crippen LogP contribution in [0.25, 0.3) is 0 Å². The maximum absolute atomic E-state index is 12.3. The second-order valence-corrected chi connectivity index (χ2v) is 4.71. The Kier molecular flexibility index (Phi) is 3.79. The number of likely N-dealkylation sites (tertiary alicyclic amines) is 1. The van der Waals surface area contributed by atoms with Crippen molar-refractivity contribution >= 4 is 5.91 Å². The van der Waals surface area contributed by atoms with E-state index in [1.165, 1.54) is 0 Å². The highest BCUT2D eigenvalue weighted by atomic mass is 16.3. The number of hydrogen-bond donors (Lipinski definition) is 1. The first kappa shape index (κ1) is 12.1. The maximum Gasteiger partial charge on any atom is 0.229 e. The molecule has 0 spiro atoms. The largest absolute Gasteiger partial charge is 0.391 e. The van der Waals surface area contributed by atoms with Crippen LogP contribution in [0.4, 0.5) is 0 Å². The maximum atomic E-state index is 12.3. The van der Waals surface area contributed by atoms with Crippen LogP contribution in [0.5, 0.6) is 0 Å². The molecule has 0 saturated carbocycles. The molecule has 1 heterocycles. The van der Waals surface area contributed by atoms with Gasteiger partial charge in [-0.05, 0) is 25.3 Å². The Hall–Kier alpha value is -1.35. The first-order chi connectivity index (χ1) is 8.18. The molecule has 0 aliphatic carbocycles. The standard InChI is InChI=1S/C14H19NO2/c1-11(12-6-3-2-4-7-12)14(17)15-9-5-8-13(16)10-15/h2-4,6-7,11,13,16H,5,8-10H2,1H3/t11-,13-/m0/s1. The van der Waals surface area contributed by atoms with E-state index in [4.69, 9.17) is 0 Å². The third kappa shape index (κ3) is 2.86. The minimum absolute atomic E-state index is 0.120. The number of carbonyl (C=O) groups excluding carboxylic acids is 1. The van der Waals surface area contributed by atoms with E-state index in [-0.39, 0.29) is 17.9 Å². The van der Waals surface area contributed by atoms with E-state index >= 15 is 0 Å². The van der Waals surface area contributed by atoms with Crippen LogP contribution in [0.2, 0.25) is 0 Å². The van der Waals surface area contributed by atoms with Crippen molar-refractivity contribution < 1.29 is 9.90 Å². The molecular formula is C14H19NO2. The third-order valence-corrected chi connectivity index (χ3v) is 3.38. The van der Waals surface area contributed by atoms with Crippen LogP contribution < -0.4 is 0 Å². The summed E-state index contributed by atoms with van der Waals surface area (Å²) in [6.45, 7) is 3.18. The molecule has 1 fully saturated rings. The Bertz CT molecular complexity index is 377. The van der Waals surface area contributed by atoms with Crippen LogP contribution in [0.15, 0.2) is 30.3 Å². The van der Waals surface area contributed by atoms with Gasteiger partial charge in [0, 0.05) is 13.1 Å². The van der Waals surface area contributed by atoms with Crippen molar-refractivity contribution in [1.82, 2.24) is 4.90 Å². The van der Waals surface area contributed by atoms with Crippen molar-refractivity contribution in [1.29, 1.82) is 0 Å². The average Bonchev–Trinajstić information content (AvgIpc) is 2.38. The van der Waals surface area contributed by atoms with Crippen LogP contribution in [-0.4, -0.2) is 35.1 Å². The normalized spacial score (nSPS) is 22.2. The Balaban J connectivity index is 2.04. The van der Waals surface area contributed by atoms with Gasteiger partial charge in [-0.1, -0.05) is 30.3 Å². The van der Waals surface area contributed by atoms with Crippen molar-refractivity contribution in [3.63, 3.8) is 0 Å². The summed E-state index contributed by atoms with van der Waals surface area (Å²) in [5, 5.41) is 9.59. The Labute approximate surface area is 102 Å². The van der Waals surface area contributed by atoms with E-state index in [0.717, 1.165) is 24.9 Å². The highest BCUT2D eigenvalue weighted by Gasteiger charge is 2.26. The molecule has 92 valence electrons. The molecule has 0 bridgehead atoms. The predicted molar refractivity (Wildman–Crippen MR) is 66.7 cm³/mol. The molecule has 0 radical (unpaired) electrons. The number of amides is 1. The van der Waals surface area contributed by atoms with Gasteiger partial charge in [-0.2, -0.15) is 0 Å². The van der Waals surface area contributed by atoms with Crippen LogP contribution >= 0.6 is 0 Å². The lowest BCUT2D eigenvalue weighted by molar-refractivity contribution is -0.135. The van der Waals surface area contributed by atoms with Crippen LogP contribution in [0.3, 0.4) is 0 Å². The molecule has 1 aromatic rings. The van der Waals surface area contributed by atoms with E-state index in [2.05, 4.69) is 0 Å². The van der Waals surface area contributed by atoms with Crippen molar-refractivity contribution in [3.05, 3.63) is 35.9 Å². The first-order valence-corrected chi connectivity index (χ1v) is 6.20. The second-order valence-electron chi connectivity index (χ2n) is 4.71. The van der Waals surface area contributed by atoms with Crippen molar-refractivity contribution in [2.24, 2.45) is 0 Å².